The number of thiazole rings is 1. The second-order valence-electron chi connectivity index (χ2n) is 5.94. The van der Waals surface area contributed by atoms with Gasteiger partial charge in [0.15, 0.2) is 0 Å². The van der Waals surface area contributed by atoms with Crippen molar-refractivity contribution in [3.8, 4) is 0 Å². The van der Waals surface area contributed by atoms with Crippen LogP contribution >= 0.6 is 11.3 Å². The highest BCUT2D eigenvalue weighted by atomic mass is 32.1. The highest BCUT2D eigenvalue weighted by Crippen LogP contribution is 2.33. The second-order valence-corrected chi connectivity index (χ2v) is 6.88. The quantitative estimate of drug-likeness (QED) is 0.845. The molecule has 1 N–H and O–H groups in total. The van der Waals surface area contributed by atoms with Crippen molar-refractivity contribution in [1.29, 1.82) is 0 Å². The van der Waals surface area contributed by atoms with Crippen LogP contribution in [0.4, 0.5) is 0 Å². The van der Waals surface area contributed by atoms with Crippen molar-refractivity contribution in [3.63, 3.8) is 0 Å². The first-order valence-electron chi connectivity index (χ1n) is 7.87. The molecule has 3 heteroatoms. The van der Waals surface area contributed by atoms with E-state index in [2.05, 4.69) is 36.5 Å². The van der Waals surface area contributed by atoms with Crippen molar-refractivity contribution in [2.24, 2.45) is 11.8 Å². The predicted octanol–water partition coefficient (Wildman–Crippen LogP) is 4.19. The molecule has 0 bridgehead atoms. The van der Waals surface area contributed by atoms with Crippen molar-refractivity contribution in [2.75, 3.05) is 6.54 Å². The lowest BCUT2D eigenvalue weighted by Gasteiger charge is -2.33. The number of nitrogens with one attached hydrogen (secondary N) is 1. The lowest BCUT2D eigenvalue weighted by molar-refractivity contribution is 0.218. The van der Waals surface area contributed by atoms with Crippen molar-refractivity contribution >= 4 is 11.3 Å². The Morgan fingerprint density at radius 1 is 1.32 bits per heavy atom. The third kappa shape index (κ3) is 4.28. The Kier molecular flexibility index (Phi) is 5.83. The number of hydrogen-bond donors (Lipinski definition) is 1. The van der Waals surface area contributed by atoms with Gasteiger partial charge < -0.3 is 5.32 Å². The molecular formula is C16H28N2S. The molecule has 1 aliphatic carbocycles. The summed E-state index contributed by atoms with van der Waals surface area (Å²) in [5.41, 5.74) is 1.17. The van der Waals surface area contributed by atoms with Crippen molar-refractivity contribution in [3.05, 3.63) is 16.1 Å². The van der Waals surface area contributed by atoms with E-state index in [0.29, 0.717) is 6.04 Å². The molecule has 0 saturated heterocycles. The predicted molar refractivity (Wildman–Crippen MR) is 83.8 cm³/mol. The first kappa shape index (κ1) is 15.0. The fraction of sp³-hybridized carbons (Fsp3) is 0.812. The molecule has 0 amide bonds. The summed E-state index contributed by atoms with van der Waals surface area (Å²) < 4.78 is 0. The van der Waals surface area contributed by atoms with Crippen molar-refractivity contribution in [2.45, 2.75) is 65.3 Å². The normalized spacial score (nSPS) is 25.4. The lowest BCUT2D eigenvalue weighted by Crippen LogP contribution is -2.39. The molecule has 1 fully saturated rings. The number of nitrogens with zero attached hydrogens (tertiary/aromatic N) is 1. The zero-order chi connectivity index (χ0) is 13.7. The van der Waals surface area contributed by atoms with Gasteiger partial charge in [-0.05, 0) is 38.1 Å². The molecule has 1 aromatic heterocycles. The lowest BCUT2D eigenvalue weighted by atomic mass is 9.77. The molecule has 1 aliphatic rings. The summed E-state index contributed by atoms with van der Waals surface area (Å²) in [5, 5.41) is 7.19. The maximum absolute atomic E-state index is 4.64. The van der Waals surface area contributed by atoms with Crippen LogP contribution < -0.4 is 5.32 Å². The summed E-state index contributed by atoms with van der Waals surface area (Å²) in [6.07, 6.45) is 8.15. The summed E-state index contributed by atoms with van der Waals surface area (Å²) in [6.45, 7) is 7.72. The molecule has 19 heavy (non-hydrogen) atoms. The third-order valence-corrected chi connectivity index (χ3v) is 5.55. The summed E-state index contributed by atoms with van der Waals surface area (Å²) in [6, 6.07) is 0.633. The molecule has 1 atom stereocenters. The number of likely N-dealkylation sites (N-methyl/N-ethyl adjacent to an activating group) is 1. The molecule has 0 aliphatic heterocycles. The molecule has 1 unspecified atom stereocenters. The van der Waals surface area contributed by atoms with E-state index in [1.54, 1.807) is 0 Å². The molecular weight excluding hydrogens is 252 g/mol. The topological polar surface area (TPSA) is 24.9 Å². The van der Waals surface area contributed by atoms with Crippen LogP contribution in [0.15, 0.2) is 5.38 Å². The zero-order valence-electron chi connectivity index (χ0n) is 12.6. The van der Waals surface area contributed by atoms with Gasteiger partial charge in [0.1, 0.15) is 0 Å². The molecule has 1 aromatic rings. The molecule has 1 heterocycles. The first-order chi connectivity index (χ1) is 9.22. The van der Waals surface area contributed by atoms with Crippen LogP contribution in [-0.2, 0) is 6.42 Å². The Balaban J connectivity index is 1.92. The standard InChI is InChI=1S/C16H28N2S/c1-4-13-6-8-14(9-7-13)15(17-5-2)10-16-18-12(3)11-19-16/h11,13-15,17H,4-10H2,1-3H3. The average molecular weight is 280 g/mol. The molecule has 0 radical (unpaired) electrons. The molecule has 2 rings (SSSR count). The second kappa shape index (κ2) is 7.39. The van der Waals surface area contributed by atoms with E-state index < -0.39 is 0 Å². The Labute approximate surface area is 122 Å². The van der Waals surface area contributed by atoms with E-state index in [-0.39, 0.29) is 0 Å². The van der Waals surface area contributed by atoms with E-state index in [0.717, 1.165) is 24.8 Å². The van der Waals surface area contributed by atoms with E-state index >= 15 is 0 Å². The SMILES string of the molecule is CCNC(Cc1nc(C)cs1)C1CCC(CC)CC1. The van der Waals surface area contributed by atoms with Gasteiger partial charge in [-0.3, -0.25) is 0 Å². The number of aromatic nitrogens is 1. The first-order valence-corrected chi connectivity index (χ1v) is 8.75. The summed E-state index contributed by atoms with van der Waals surface area (Å²) in [7, 11) is 0. The number of aryl methyl sites for hydroxylation is 1. The highest BCUT2D eigenvalue weighted by molar-refractivity contribution is 7.09. The minimum absolute atomic E-state index is 0.633. The highest BCUT2D eigenvalue weighted by Gasteiger charge is 2.27. The Hall–Kier alpha value is -0.410. The maximum atomic E-state index is 4.64. The summed E-state index contributed by atoms with van der Waals surface area (Å²) in [5.74, 6) is 1.84. The van der Waals surface area contributed by atoms with Crippen LogP contribution in [0.3, 0.4) is 0 Å². The van der Waals surface area contributed by atoms with Crippen LogP contribution in [0.25, 0.3) is 0 Å². The molecule has 108 valence electrons. The van der Waals surface area contributed by atoms with E-state index in [4.69, 9.17) is 0 Å². The van der Waals surface area contributed by atoms with Gasteiger partial charge in [0.2, 0.25) is 0 Å². The van der Waals surface area contributed by atoms with Crippen LogP contribution in [0.5, 0.6) is 0 Å². The van der Waals surface area contributed by atoms with E-state index in [9.17, 15) is 0 Å². The van der Waals surface area contributed by atoms with Gasteiger partial charge in [0.05, 0.1) is 5.01 Å². The van der Waals surface area contributed by atoms with Gasteiger partial charge >= 0.3 is 0 Å². The number of rotatable bonds is 6. The minimum atomic E-state index is 0.633. The van der Waals surface area contributed by atoms with Gasteiger partial charge in [-0.2, -0.15) is 0 Å². The molecule has 1 saturated carbocycles. The number of hydrogen-bond acceptors (Lipinski definition) is 3. The Bertz CT molecular complexity index is 367. The monoisotopic (exact) mass is 280 g/mol. The van der Waals surface area contributed by atoms with Crippen LogP contribution in [0, 0.1) is 18.8 Å². The maximum Gasteiger partial charge on any atom is 0.0943 e. The van der Waals surface area contributed by atoms with Gasteiger partial charge in [0.25, 0.3) is 0 Å². The van der Waals surface area contributed by atoms with Gasteiger partial charge in [-0.15, -0.1) is 11.3 Å². The van der Waals surface area contributed by atoms with Crippen LogP contribution in [0.2, 0.25) is 0 Å². The average Bonchev–Trinajstić information content (AvgIpc) is 2.84. The van der Waals surface area contributed by atoms with Gasteiger partial charge in [-0.25, -0.2) is 4.98 Å². The van der Waals surface area contributed by atoms with Crippen molar-refractivity contribution < 1.29 is 0 Å². The summed E-state index contributed by atoms with van der Waals surface area (Å²) in [4.78, 5) is 4.64. The largest absolute Gasteiger partial charge is 0.314 e. The minimum Gasteiger partial charge on any atom is -0.314 e. The fourth-order valence-corrected chi connectivity index (χ4v) is 4.18. The van der Waals surface area contributed by atoms with Gasteiger partial charge in [-0.1, -0.05) is 33.1 Å². The van der Waals surface area contributed by atoms with Crippen LogP contribution in [0.1, 0.15) is 56.7 Å². The van der Waals surface area contributed by atoms with Crippen LogP contribution in [-0.4, -0.2) is 17.6 Å². The Morgan fingerprint density at radius 3 is 2.58 bits per heavy atom. The van der Waals surface area contributed by atoms with Gasteiger partial charge in [0, 0.05) is 23.5 Å². The smallest absolute Gasteiger partial charge is 0.0943 e. The third-order valence-electron chi connectivity index (χ3n) is 4.57. The van der Waals surface area contributed by atoms with Crippen molar-refractivity contribution in [1.82, 2.24) is 10.3 Å². The molecule has 2 nitrogen and oxygen atoms in total. The summed E-state index contributed by atoms with van der Waals surface area (Å²) >= 11 is 1.82. The fourth-order valence-electron chi connectivity index (χ4n) is 3.35. The van der Waals surface area contributed by atoms with E-state index in [1.165, 1.54) is 42.8 Å². The zero-order valence-corrected chi connectivity index (χ0v) is 13.4. The van der Waals surface area contributed by atoms with E-state index in [1.807, 2.05) is 11.3 Å². The molecule has 0 aromatic carbocycles. The Morgan fingerprint density at radius 2 is 2.05 bits per heavy atom. The molecule has 0 spiro atoms.